The molecule has 8 heteroatoms. The van der Waals surface area contributed by atoms with Crippen molar-refractivity contribution in [1.82, 2.24) is 14.8 Å². The molecule has 1 aliphatic rings. The summed E-state index contributed by atoms with van der Waals surface area (Å²) in [6.45, 7) is 4.56. The van der Waals surface area contributed by atoms with Crippen LogP contribution in [0.2, 0.25) is 0 Å². The summed E-state index contributed by atoms with van der Waals surface area (Å²) in [6.07, 6.45) is 1.45. The normalized spacial score (nSPS) is 18.3. The summed E-state index contributed by atoms with van der Waals surface area (Å²) in [7, 11) is 3.31. The lowest BCUT2D eigenvalue weighted by molar-refractivity contribution is -0.130. The van der Waals surface area contributed by atoms with Crippen molar-refractivity contribution in [2.24, 2.45) is 5.92 Å². The monoisotopic (exact) mass is 479 g/mol. The Morgan fingerprint density at radius 2 is 2.11 bits per heavy atom. The van der Waals surface area contributed by atoms with Crippen LogP contribution in [0, 0.1) is 17.8 Å². The van der Waals surface area contributed by atoms with Crippen molar-refractivity contribution >= 4 is 11.8 Å². The number of carbonyl (C=O) groups is 2. The van der Waals surface area contributed by atoms with Gasteiger partial charge in [0.05, 0.1) is 25.6 Å². The van der Waals surface area contributed by atoms with E-state index in [9.17, 15) is 14.7 Å². The number of amides is 2. The molecule has 0 radical (unpaired) electrons. The topological polar surface area (TPSA) is 92.2 Å². The van der Waals surface area contributed by atoms with Gasteiger partial charge in [-0.15, -0.1) is 0 Å². The van der Waals surface area contributed by atoms with Crippen LogP contribution >= 0.6 is 0 Å². The van der Waals surface area contributed by atoms with Gasteiger partial charge in [-0.05, 0) is 18.6 Å². The maximum absolute atomic E-state index is 13.4. The van der Waals surface area contributed by atoms with Gasteiger partial charge in [0.2, 0.25) is 11.8 Å². The SMILES string of the molecule is COCC#Cc1cnc2c(c1)C(=O)N([C@@H](C)CO)C[C@@H](C)[C@@H](CN(C)C(=O)Cc1ccccc1)O2. The minimum Gasteiger partial charge on any atom is -0.472 e. The third kappa shape index (κ3) is 6.81. The molecule has 1 aliphatic heterocycles. The number of hydrogen-bond acceptors (Lipinski definition) is 6. The Kier molecular flexibility index (Phi) is 9.24. The highest BCUT2D eigenvalue weighted by Gasteiger charge is 2.34. The van der Waals surface area contributed by atoms with E-state index in [-0.39, 0.29) is 42.4 Å². The molecule has 35 heavy (non-hydrogen) atoms. The van der Waals surface area contributed by atoms with E-state index in [0.29, 0.717) is 25.1 Å². The molecule has 0 bridgehead atoms. The lowest BCUT2D eigenvalue weighted by Gasteiger charge is -2.37. The number of rotatable bonds is 7. The fraction of sp³-hybridized carbons (Fsp3) is 0.444. The standard InChI is InChI=1S/C27H33N3O5/c1-19-16-30(20(2)18-31)27(33)23-13-22(11-8-12-34-4)15-28-26(23)35-24(19)17-29(3)25(32)14-21-9-6-5-7-10-21/h5-7,9-10,13,15,19-20,24,31H,12,14,16-18H2,1-4H3/t19-,20+,24-/m1/s1. The second-order valence-corrected chi connectivity index (χ2v) is 8.87. The number of nitrogens with zero attached hydrogens (tertiary/aromatic N) is 3. The van der Waals surface area contributed by atoms with Crippen molar-refractivity contribution in [3.8, 4) is 17.7 Å². The van der Waals surface area contributed by atoms with Crippen LogP contribution in [0.25, 0.3) is 0 Å². The number of benzene rings is 1. The molecule has 2 heterocycles. The Labute approximate surface area is 206 Å². The first-order valence-corrected chi connectivity index (χ1v) is 11.7. The van der Waals surface area contributed by atoms with E-state index in [2.05, 4.69) is 16.8 Å². The van der Waals surface area contributed by atoms with Gasteiger partial charge in [-0.2, -0.15) is 0 Å². The summed E-state index contributed by atoms with van der Waals surface area (Å²) in [5, 5.41) is 9.79. The van der Waals surface area contributed by atoms with E-state index in [1.54, 1.807) is 43.1 Å². The maximum Gasteiger partial charge on any atom is 0.259 e. The lowest BCUT2D eigenvalue weighted by Crippen LogP contribution is -2.50. The molecule has 0 unspecified atom stereocenters. The van der Waals surface area contributed by atoms with Crippen LogP contribution < -0.4 is 4.74 Å². The van der Waals surface area contributed by atoms with Gasteiger partial charge >= 0.3 is 0 Å². The number of hydrogen-bond donors (Lipinski definition) is 1. The highest BCUT2D eigenvalue weighted by atomic mass is 16.5. The minimum absolute atomic E-state index is 0.0253. The van der Waals surface area contributed by atoms with Gasteiger partial charge in [0, 0.05) is 38.4 Å². The zero-order valence-electron chi connectivity index (χ0n) is 20.7. The predicted octanol–water partition coefficient (Wildman–Crippen LogP) is 2.00. The number of methoxy groups -OCH3 is 1. The molecule has 186 valence electrons. The number of aliphatic hydroxyl groups excluding tert-OH is 1. The smallest absolute Gasteiger partial charge is 0.259 e. The molecule has 3 atom stereocenters. The maximum atomic E-state index is 13.4. The molecule has 0 spiro atoms. The lowest BCUT2D eigenvalue weighted by atomic mass is 9.99. The number of likely N-dealkylation sites (N-methyl/N-ethyl adjacent to an activating group) is 1. The molecule has 2 amide bonds. The quantitative estimate of drug-likeness (QED) is 0.611. The first-order valence-electron chi connectivity index (χ1n) is 11.7. The Balaban J connectivity index is 1.87. The Bertz CT molecular complexity index is 1080. The van der Waals surface area contributed by atoms with Crippen LogP contribution in [0.1, 0.15) is 35.3 Å². The van der Waals surface area contributed by atoms with Crippen molar-refractivity contribution in [3.05, 3.63) is 59.3 Å². The van der Waals surface area contributed by atoms with E-state index in [1.165, 1.54) is 0 Å². The Morgan fingerprint density at radius 3 is 2.80 bits per heavy atom. The molecular formula is C27H33N3O5. The second-order valence-electron chi connectivity index (χ2n) is 8.87. The molecule has 0 saturated heterocycles. The highest BCUT2D eigenvalue weighted by Crippen LogP contribution is 2.27. The molecule has 2 aromatic rings. The van der Waals surface area contributed by atoms with Crippen molar-refractivity contribution in [1.29, 1.82) is 0 Å². The van der Waals surface area contributed by atoms with Crippen molar-refractivity contribution in [2.75, 3.05) is 40.5 Å². The average molecular weight is 480 g/mol. The Hall–Kier alpha value is -3.41. The van der Waals surface area contributed by atoms with Gasteiger partial charge in [0.1, 0.15) is 18.3 Å². The van der Waals surface area contributed by atoms with E-state index in [0.717, 1.165) is 5.56 Å². The van der Waals surface area contributed by atoms with E-state index in [1.807, 2.05) is 37.3 Å². The van der Waals surface area contributed by atoms with Gasteiger partial charge in [-0.25, -0.2) is 4.98 Å². The summed E-state index contributed by atoms with van der Waals surface area (Å²) < 4.78 is 11.2. The van der Waals surface area contributed by atoms with Crippen LogP contribution in [-0.2, 0) is 16.0 Å². The third-order valence-corrected chi connectivity index (χ3v) is 6.05. The van der Waals surface area contributed by atoms with Crippen LogP contribution in [-0.4, -0.2) is 84.3 Å². The minimum atomic E-state index is -0.405. The van der Waals surface area contributed by atoms with Crippen LogP contribution in [0.15, 0.2) is 42.6 Å². The van der Waals surface area contributed by atoms with Gasteiger partial charge in [-0.3, -0.25) is 9.59 Å². The van der Waals surface area contributed by atoms with E-state index in [4.69, 9.17) is 9.47 Å². The number of ether oxygens (including phenoxy) is 2. The molecule has 0 aliphatic carbocycles. The average Bonchev–Trinajstić information content (AvgIpc) is 2.86. The molecule has 8 nitrogen and oxygen atoms in total. The summed E-state index contributed by atoms with van der Waals surface area (Å²) in [4.78, 5) is 34.0. The highest BCUT2D eigenvalue weighted by molar-refractivity contribution is 5.97. The second kappa shape index (κ2) is 12.3. The van der Waals surface area contributed by atoms with Gasteiger partial charge in [-0.1, -0.05) is 49.1 Å². The molecule has 1 N–H and O–H groups in total. The number of pyridine rings is 1. The fourth-order valence-corrected chi connectivity index (χ4v) is 3.88. The summed E-state index contributed by atoms with van der Waals surface area (Å²) in [6, 6.07) is 10.8. The number of fused-ring (bicyclic) bond motifs is 1. The van der Waals surface area contributed by atoms with Gasteiger partial charge < -0.3 is 24.4 Å². The predicted molar refractivity (Wildman–Crippen MR) is 132 cm³/mol. The molecular weight excluding hydrogens is 446 g/mol. The first-order chi connectivity index (χ1) is 16.8. The van der Waals surface area contributed by atoms with Gasteiger partial charge in [0.15, 0.2) is 0 Å². The van der Waals surface area contributed by atoms with Gasteiger partial charge in [0.25, 0.3) is 5.91 Å². The zero-order chi connectivity index (χ0) is 25.4. The molecule has 3 rings (SSSR count). The largest absolute Gasteiger partial charge is 0.472 e. The summed E-state index contributed by atoms with van der Waals surface area (Å²) >= 11 is 0. The molecule has 0 saturated carbocycles. The van der Waals surface area contributed by atoms with E-state index >= 15 is 0 Å². The summed E-state index contributed by atoms with van der Waals surface area (Å²) in [5.41, 5.74) is 1.79. The zero-order valence-corrected chi connectivity index (χ0v) is 20.7. The fourth-order valence-electron chi connectivity index (χ4n) is 3.88. The number of aliphatic hydroxyl groups is 1. The third-order valence-electron chi connectivity index (χ3n) is 6.05. The molecule has 1 aromatic heterocycles. The number of aromatic nitrogens is 1. The molecule has 0 fully saturated rings. The van der Waals surface area contributed by atoms with Crippen molar-refractivity contribution < 1.29 is 24.2 Å². The van der Waals surface area contributed by atoms with Crippen molar-refractivity contribution in [2.45, 2.75) is 32.4 Å². The van der Waals surface area contributed by atoms with Crippen LogP contribution in [0.4, 0.5) is 0 Å². The van der Waals surface area contributed by atoms with E-state index < -0.39 is 12.1 Å². The van der Waals surface area contributed by atoms with Crippen molar-refractivity contribution in [3.63, 3.8) is 0 Å². The number of carbonyl (C=O) groups excluding carboxylic acids is 2. The Morgan fingerprint density at radius 1 is 1.37 bits per heavy atom. The van der Waals surface area contributed by atoms with Crippen LogP contribution in [0.3, 0.4) is 0 Å². The first kappa shape index (κ1) is 26.2. The molecule has 1 aromatic carbocycles. The van der Waals surface area contributed by atoms with Crippen LogP contribution in [0.5, 0.6) is 5.88 Å². The summed E-state index contributed by atoms with van der Waals surface area (Å²) in [5.74, 6) is 5.58.